The van der Waals surface area contributed by atoms with Crippen LogP contribution in [-0.4, -0.2) is 19.4 Å². The third-order valence-electron chi connectivity index (χ3n) is 5.06. The van der Waals surface area contributed by atoms with Crippen molar-refractivity contribution in [3.8, 4) is 0 Å². The molecule has 3 aromatic carbocycles. The van der Waals surface area contributed by atoms with Gasteiger partial charge >= 0.3 is 0 Å². The Balaban J connectivity index is 2.04. The molecule has 0 saturated carbocycles. The summed E-state index contributed by atoms with van der Waals surface area (Å²) >= 11 is 12.3. The second-order valence-electron chi connectivity index (χ2n) is 7.73. The molecule has 0 aliphatic heterocycles. The van der Waals surface area contributed by atoms with Crippen LogP contribution in [0, 0.1) is 0 Å². The fourth-order valence-corrected chi connectivity index (χ4v) is 5.60. The van der Waals surface area contributed by atoms with E-state index in [0.717, 1.165) is 22.0 Å². The van der Waals surface area contributed by atoms with Crippen LogP contribution in [0.5, 0.6) is 0 Å². The summed E-state index contributed by atoms with van der Waals surface area (Å²) in [6.45, 7) is 3.60. The first-order valence-electron chi connectivity index (χ1n) is 9.90. The van der Waals surface area contributed by atoms with Crippen LogP contribution in [0.3, 0.4) is 0 Å². The number of benzene rings is 3. The van der Waals surface area contributed by atoms with Gasteiger partial charge in [-0.25, -0.2) is 13.1 Å². The lowest BCUT2D eigenvalue weighted by atomic mass is 9.85. The quantitative estimate of drug-likeness (QED) is 0.343. The van der Waals surface area contributed by atoms with Crippen LogP contribution in [0.2, 0.25) is 10.0 Å². The summed E-state index contributed by atoms with van der Waals surface area (Å²) in [4.78, 5) is 3.15. The number of aromatic amines is 1. The van der Waals surface area contributed by atoms with Gasteiger partial charge in [0.15, 0.2) is 5.03 Å². The van der Waals surface area contributed by atoms with Gasteiger partial charge in [0.05, 0.1) is 0 Å². The van der Waals surface area contributed by atoms with Crippen molar-refractivity contribution < 1.29 is 8.42 Å². The van der Waals surface area contributed by atoms with E-state index in [0.29, 0.717) is 15.6 Å². The van der Waals surface area contributed by atoms with Crippen molar-refractivity contribution in [3.05, 3.63) is 99.5 Å². The Morgan fingerprint density at radius 2 is 1.32 bits per heavy atom. The molecule has 0 unspecified atom stereocenters. The molecule has 0 aliphatic carbocycles. The van der Waals surface area contributed by atoms with Gasteiger partial charge in [0.25, 0.3) is 10.0 Å². The maximum absolute atomic E-state index is 13.3. The van der Waals surface area contributed by atoms with E-state index >= 15 is 0 Å². The topological polar surface area (TPSA) is 62.0 Å². The summed E-state index contributed by atoms with van der Waals surface area (Å²) in [7, 11) is -3.79. The van der Waals surface area contributed by atoms with Crippen molar-refractivity contribution in [1.29, 1.82) is 0 Å². The smallest absolute Gasteiger partial charge is 0.256 e. The molecule has 4 nitrogen and oxygen atoms in total. The van der Waals surface area contributed by atoms with E-state index in [1.807, 2.05) is 72.8 Å². The van der Waals surface area contributed by atoms with Crippen LogP contribution in [-0.2, 0) is 10.0 Å². The van der Waals surface area contributed by atoms with Crippen molar-refractivity contribution in [2.24, 2.45) is 0 Å². The minimum atomic E-state index is -3.79. The number of para-hydroxylation sites is 1. The average Bonchev–Trinajstić information content (AvgIpc) is 3.11. The normalized spacial score (nSPS) is 12.2. The van der Waals surface area contributed by atoms with Gasteiger partial charge < -0.3 is 4.98 Å². The molecular formula is C24H22Cl2N2O2S. The van der Waals surface area contributed by atoms with Crippen molar-refractivity contribution in [3.63, 3.8) is 0 Å². The van der Waals surface area contributed by atoms with Crippen LogP contribution in [0.1, 0.15) is 36.5 Å². The summed E-state index contributed by atoms with van der Waals surface area (Å²) in [5.41, 5.74) is 3.30. The van der Waals surface area contributed by atoms with Gasteiger partial charge in [-0.1, -0.05) is 65.7 Å². The lowest BCUT2D eigenvalue weighted by Crippen LogP contribution is -2.31. The molecule has 31 heavy (non-hydrogen) atoms. The van der Waals surface area contributed by atoms with Gasteiger partial charge in [0.2, 0.25) is 0 Å². The molecule has 0 fully saturated rings. The van der Waals surface area contributed by atoms with E-state index in [4.69, 9.17) is 23.2 Å². The maximum Gasteiger partial charge on any atom is 0.256 e. The first-order valence-corrected chi connectivity index (χ1v) is 12.1. The largest absolute Gasteiger partial charge is 0.344 e. The van der Waals surface area contributed by atoms with Crippen LogP contribution in [0.15, 0.2) is 77.8 Å². The molecule has 0 spiro atoms. The van der Waals surface area contributed by atoms with Crippen LogP contribution in [0.4, 0.5) is 0 Å². The fraction of sp³-hybridized carbons (Fsp3) is 0.167. The molecule has 1 aromatic heterocycles. The molecule has 0 atom stereocenters. The van der Waals surface area contributed by atoms with E-state index in [1.165, 1.54) is 0 Å². The zero-order valence-corrected chi connectivity index (χ0v) is 19.4. The van der Waals surface area contributed by atoms with Gasteiger partial charge in [0, 0.05) is 38.5 Å². The lowest BCUT2D eigenvalue weighted by molar-refractivity contribution is 0.565. The highest BCUT2D eigenvalue weighted by molar-refractivity contribution is 7.89. The second-order valence-corrected chi connectivity index (χ2v) is 10.2. The van der Waals surface area contributed by atoms with E-state index in [1.54, 1.807) is 13.8 Å². The first-order chi connectivity index (χ1) is 14.8. The fourth-order valence-electron chi connectivity index (χ4n) is 3.84. The van der Waals surface area contributed by atoms with Crippen LogP contribution in [0.25, 0.3) is 10.9 Å². The van der Waals surface area contributed by atoms with Crippen molar-refractivity contribution >= 4 is 44.1 Å². The standard InChI is InChI=1S/C24H22Cl2N2O2S/c1-15(2)28-31(29,30)24-23(20-5-3-4-6-21(20)27-24)22(16-7-11-18(25)12-8-16)17-9-13-19(26)14-10-17/h3-15,22,27-28H,1-2H3. The number of H-pyrrole nitrogens is 1. The summed E-state index contributed by atoms with van der Waals surface area (Å²) in [6, 6.07) is 22.3. The van der Waals surface area contributed by atoms with Crippen molar-refractivity contribution in [2.75, 3.05) is 0 Å². The van der Waals surface area contributed by atoms with Gasteiger partial charge in [-0.3, -0.25) is 0 Å². The molecule has 160 valence electrons. The van der Waals surface area contributed by atoms with Crippen molar-refractivity contribution in [1.82, 2.24) is 9.71 Å². The number of rotatable bonds is 6. The van der Waals surface area contributed by atoms with Gasteiger partial charge in [-0.2, -0.15) is 0 Å². The third-order valence-corrected chi connectivity index (χ3v) is 7.21. The number of halogens is 2. The Morgan fingerprint density at radius 3 is 1.84 bits per heavy atom. The zero-order chi connectivity index (χ0) is 22.2. The number of nitrogens with one attached hydrogen (secondary N) is 2. The molecule has 4 aromatic rings. The van der Waals surface area contributed by atoms with Crippen molar-refractivity contribution in [2.45, 2.75) is 30.8 Å². The highest BCUT2D eigenvalue weighted by Crippen LogP contribution is 2.40. The minimum Gasteiger partial charge on any atom is -0.344 e. The summed E-state index contributed by atoms with van der Waals surface area (Å²) in [5, 5.41) is 2.25. The van der Waals surface area contributed by atoms with E-state index in [-0.39, 0.29) is 17.0 Å². The van der Waals surface area contributed by atoms with Gasteiger partial charge in [-0.05, 0) is 55.3 Å². The summed E-state index contributed by atoms with van der Waals surface area (Å²) in [5.74, 6) is -0.343. The number of sulfonamides is 1. The van der Waals surface area contributed by atoms with E-state index < -0.39 is 10.0 Å². The Kier molecular flexibility index (Phi) is 6.13. The van der Waals surface area contributed by atoms with E-state index in [9.17, 15) is 8.42 Å². The van der Waals surface area contributed by atoms with Crippen LogP contribution < -0.4 is 4.72 Å². The highest BCUT2D eigenvalue weighted by atomic mass is 35.5. The molecule has 0 aliphatic rings. The monoisotopic (exact) mass is 472 g/mol. The number of hydrogen-bond acceptors (Lipinski definition) is 2. The van der Waals surface area contributed by atoms with Crippen LogP contribution >= 0.6 is 23.2 Å². The first kappa shape index (κ1) is 21.9. The number of fused-ring (bicyclic) bond motifs is 1. The van der Waals surface area contributed by atoms with E-state index in [2.05, 4.69) is 9.71 Å². The molecule has 2 N–H and O–H groups in total. The number of aromatic nitrogens is 1. The predicted octanol–water partition coefficient (Wildman–Crippen LogP) is 6.34. The molecule has 0 radical (unpaired) electrons. The molecule has 0 amide bonds. The molecule has 4 rings (SSSR count). The number of hydrogen-bond donors (Lipinski definition) is 2. The van der Waals surface area contributed by atoms with Gasteiger partial charge in [0.1, 0.15) is 0 Å². The maximum atomic E-state index is 13.3. The molecule has 0 bridgehead atoms. The van der Waals surface area contributed by atoms with Gasteiger partial charge in [-0.15, -0.1) is 0 Å². The molecular weight excluding hydrogens is 451 g/mol. The Bertz CT molecular complexity index is 1270. The molecule has 7 heteroatoms. The third kappa shape index (κ3) is 4.51. The lowest BCUT2D eigenvalue weighted by Gasteiger charge is -2.21. The average molecular weight is 473 g/mol. The SMILES string of the molecule is CC(C)NS(=O)(=O)c1[nH]c2ccccc2c1C(c1ccc(Cl)cc1)c1ccc(Cl)cc1. The summed E-state index contributed by atoms with van der Waals surface area (Å²) in [6.07, 6.45) is 0. The molecule has 0 saturated heterocycles. The Hall–Kier alpha value is -2.31. The minimum absolute atomic E-state index is 0.164. The Labute approximate surface area is 192 Å². The second kappa shape index (κ2) is 8.67. The molecule has 1 heterocycles. The zero-order valence-electron chi connectivity index (χ0n) is 17.1. The predicted molar refractivity (Wildman–Crippen MR) is 128 cm³/mol. The highest BCUT2D eigenvalue weighted by Gasteiger charge is 2.30. The summed E-state index contributed by atoms with van der Waals surface area (Å²) < 4.78 is 29.4. The Morgan fingerprint density at radius 1 is 0.806 bits per heavy atom.